The highest BCUT2D eigenvalue weighted by atomic mass is 16.4. The Kier molecular flexibility index (Phi) is 36.9. The summed E-state index contributed by atoms with van der Waals surface area (Å²) in [5.41, 5.74) is 13.2. The van der Waals surface area contributed by atoms with Crippen LogP contribution in [0.1, 0.15) is 284 Å². The number of rotatable bonds is 52. The Morgan fingerprint density at radius 3 is 0.782 bits per heavy atom. The molecule has 0 aliphatic heterocycles. The van der Waals surface area contributed by atoms with Crippen LogP contribution in [-0.4, -0.2) is 67.9 Å². The number of nitrogens with two attached hydrogens (primary N) is 4. The fourth-order valence-electron chi connectivity index (χ4n) is 12.7. The Morgan fingerprint density at radius 1 is 0.346 bits per heavy atom. The van der Waals surface area contributed by atoms with Crippen LogP contribution in [0, 0.1) is 33.5 Å². The molecule has 0 aromatic heterocycles. The third-order valence-corrected chi connectivity index (χ3v) is 17.6. The molecule has 6 unspecified atom stereocenters. The number of allylic oxidation sites excluding steroid dienone is 4. The lowest BCUT2D eigenvalue weighted by atomic mass is 9.38. The SMILES string of the molecule is CCC(CCCCC1(C(=O)O)CC(CCCCC(CC)C(N)=O)(C(=O)O)C(CCCCCCCC/C=C\CCCCCCCC(N)=O)(C(=O)O)CC1(CCCCCCCC/C=C\CCCCCCCC(N)=O)C(=O)O)C(N)=O. The molecule has 0 spiro atoms. The lowest BCUT2D eigenvalue weighted by molar-refractivity contribution is -0.224. The summed E-state index contributed by atoms with van der Waals surface area (Å²) in [6.07, 6.45) is 33.5. The molecule has 0 heterocycles. The van der Waals surface area contributed by atoms with Gasteiger partial charge in [0.25, 0.3) is 0 Å². The molecule has 6 atom stereocenters. The predicted molar refractivity (Wildman–Crippen MR) is 308 cm³/mol. The van der Waals surface area contributed by atoms with Gasteiger partial charge in [0.2, 0.25) is 23.6 Å². The summed E-state index contributed by atoms with van der Waals surface area (Å²) in [5, 5.41) is 46.5. The van der Waals surface area contributed by atoms with Crippen molar-refractivity contribution in [3.8, 4) is 0 Å². The highest BCUT2D eigenvalue weighted by Crippen LogP contribution is 2.70. The molecule has 1 fully saturated rings. The number of aliphatic carboxylic acids is 4. The summed E-state index contributed by atoms with van der Waals surface area (Å²) in [7, 11) is 0. The van der Waals surface area contributed by atoms with E-state index in [9.17, 15) is 58.8 Å². The average Bonchev–Trinajstić information content (AvgIpc) is 3.37. The number of carbonyl (C=O) groups is 8. The molecule has 0 aromatic rings. The first-order valence-electron chi connectivity index (χ1n) is 30.6. The van der Waals surface area contributed by atoms with Crippen LogP contribution in [0.15, 0.2) is 24.3 Å². The molecular formula is C62H108N4O12. The highest BCUT2D eigenvalue weighted by molar-refractivity contribution is 5.93. The van der Waals surface area contributed by atoms with Gasteiger partial charge in [-0.05, 0) is 128 Å². The molecule has 1 saturated carbocycles. The number of amides is 4. The van der Waals surface area contributed by atoms with E-state index in [0.717, 1.165) is 141 Å². The van der Waals surface area contributed by atoms with Gasteiger partial charge in [-0.15, -0.1) is 0 Å². The van der Waals surface area contributed by atoms with Gasteiger partial charge in [0, 0.05) is 24.7 Å². The van der Waals surface area contributed by atoms with Crippen molar-refractivity contribution in [2.24, 2.45) is 56.4 Å². The maximum absolute atomic E-state index is 14.3. The fourth-order valence-corrected chi connectivity index (χ4v) is 12.7. The van der Waals surface area contributed by atoms with E-state index in [-0.39, 0.29) is 50.3 Å². The van der Waals surface area contributed by atoms with E-state index >= 15 is 0 Å². The summed E-state index contributed by atoms with van der Waals surface area (Å²) < 4.78 is 0. The average molecular weight is 1100 g/mol. The van der Waals surface area contributed by atoms with Gasteiger partial charge in [0.05, 0.1) is 21.7 Å². The maximum atomic E-state index is 14.3. The number of carboxylic acids is 4. The minimum atomic E-state index is -2.16. The monoisotopic (exact) mass is 1100 g/mol. The first-order valence-corrected chi connectivity index (χ1v) is 30.6. The van der Waals surface area contributed by atoms with E-state index in [4.69, 9.17) is 22.9 Å². The minimum Gasteiger partial charge on any atom is -0.481 e. The zero-order valence-corrected chi connectivity index (χ0v) is 48.5. The molecule has 16 heteroatoms. The molecule has 0 saturated heterocycles. The van der Waals surface area contributed by atoms with Crippen molar-refractivity contribution in [3.63, 3.8) is 0 Å². The van der Waals surface area contributed by atoms with E-state index in [2.05, 4.69) is 24.3 Å². The van der Waals surface area contributed by atoms with E-state index in [1.807, 2.05) is 13.8 Å². The molecule has 1 aliphatic carbocycles. The van der Waals surface area contributed by atoms with Crippen LogP contribution < -0.4 is 22.9 Å². The number of carboxylic acid groups (broad SMARTS) is 4. The molecule has 1 aliphatic rings. The van der Waals surface area contributed by atoms with E-state index in [1.165, 1.54) is 0 Å². The van der Waals surface area contributed by atoms with Crippen molar-refractivity contribution < 1.29 is 58.8 Å². The maximum Gasteiger partial charge on any atom is 0.310 e. The number of hydrogen-bond acceptors (Lipinski definition) is 8. The van der Waals surface area contributed by atoms with Gasteiger partial charge in [0.15, 0.2) is 0 Å². The van der Waals surface area contributed by atoms with Crippen LogP contribution in [-0.2, 0) is 38.4 Å². The zero-order chi connectivity index (χ0) is 58.3. The Labute approximate surface area is 468 Å². The second kappa shape index (κ2) is 40.4. The third-order valence-electron chi connectivity index (χ3n) is 17.6. The van der Waals surface area contributed by atoms with Crippen LogP contribution in [0.25, 0.3) is 0 Å². The predicted octanol–water partition coefficient (Wildman–Crippen LogP) is 13.0. The number of hydrogen-bond donors (Lipinski definition) is 8. The highest BCUT2D eigenvalue weighted by Gasteiger charge is 2.76. The van der Waals surface area contributed by atoms with Gasteiger partial charge in [-0.2, -0.15) is 0 Å². The summed E-state index contributed by atoms with van der Waals surface area (Å²) >= 11 is 0. The van der Waals surface area contributed by atoms with Crippen molar-refractivity contribution >= 4 is 47.5 Å². The van der Waals surface area contributed by atoms with Crippen molar-refractivity contribution in [1.82, 2.24) is 0 Å². The summed E-state index contributed by atoms with van der Waals surface area (Å²) in [4.78, 5) is 103. The number of primary amides is 4. The minimum absolute atomic E-state index is 0.129. The van der Waals surface area contributed by atoms with Crippen LogP contribution in [0.5, 0.6) is 0 Å². The van der Waals surface area contributed by atoms with Crippen molar-refractivity contribution in [1.29, 1.82) is 0 Å². The molecule has 0 aromatic carbocycles. The van der Waals surface area contributed by atoms with Gasteiger partial charge in [-0.1, -0.05) is 167 Å². The van der Waals surface area contributed by atoms with Gasteiger partial charge in [-0.3, -0.25) is 38.4 Å². The van der Waals surface area contributed by atoms with Crippen molar-refractivity contribution in [2.75, 3.05) is 0 Å². The van der Waals surface area contributed by atoms with Crippen LogP contribution in [0.2, 0.25) is 0 Å². The Balaban J connectivity index is 3.42. The van der Waals surface area contributed by atoms with E-state index in [0.29, 0.717) is 77.0 Å². The first-order chi connectivity index (χ1) is 37.3. The van der Waals surface area contributed by atoms with Gasteiger partial charge in [0.1, 0.15) is 0 Å². The summed E-state index contributed by atoms with van der Waals surface area (Å²) in [5.74, 6) is -8.18. The first kappa shape index (κ1) is 71.3. The zero-order valence-electron chi connectivity index (χ0n) is 48.5. The summed E-state index contributed by atoms with van der Waals surface area (Å²) in [6.45, 7) is 3.65. The normalized spacial score (nSPS) is 21.2. The lowest BCUT2D eigenvalue weighted by Crippen LogP contribution is -2.68. The Hall–Kier alpha value is -4.76. The van der Waals surface area contributed by atoms with Crippen LogP contribution >= 0.6 is 0 Å². The van der Waals surface area contributed by atoms with Crippen LogP contribution in [0.3, 0.4) is 0 Å². The largest absolute Gasteiger partial charge is 0.481 e. The molecule has 448 valence electrons. The third kappa shape index (κ3) is 24.7. The van der Waals surface area contributed by atoms with Gasteiger partial charge >= 0.3 is 23.9 Å². The molecule has 0 radical (unpaired) electrons. The Bertz CT molecular complexity index is 1730. The molecule has 16 nitrogen and oxygen atoms in total. The quantitative estimate of drug-likeness (QED) is 0.0208. The topological polar surface area (TPSA) is 322 Å². The van der Waals surface area contributed by atoms with Crippen molar-refractivity contribution in [3.05, 3.63) is 24.3 Å². The van der Waals surface area contributed by atoms with Crippen LogP contribution in [0.4, 0.5) is 0 Å². The molecule has 1 rings (SSSR count). The lowest BCUT2D eigenvalue weighted by Gasteiger charge is -2.61. The van der Waals surface area contributed by atoms with Gasteiger partial charge in [-0.25, -0.2) is 0 Å². The van der Waals surface area contributed by atoms with Gasteiger partial charge < -0.3 is 43.4 Å². The molecule has 4 amide bonds. The number of carbonyl (C=O) groups excluding carboxylic acids is 4. The van der Waals surface area contributed by atoms with Crippen molar-refractivity contribution in [2.45, 2.75) is 284 Å². The molecular weight excluding hydrogens is 993 g/mol. The number of unbranched alkanes of at least 4 members (excludes halogenated alkanes) is 24. The smallest absolute Gasteiger partial charge is 0.310 e. The second-order valence-corrected chi connectivity index (χ2v) is 23.2. The molecule has 78 heavy (non-hydrogen) atoms. The van der Waals surface area contributed by atoms with E-state index in [1.54, 1.807) is 0 Å². The second-order valence-electron chi connectivity index (χ2n) is 23.2. The Morgan fingerprint density at radius 2 is 0.564 bits per heavy atom. The molecule has 12 N–H and O–H groups in total. The molecule has 0 bridgehead atoms. The summed E-state index contributed by atoms with van der Waals surface area (Å²) in [6, 6.07) is 0. The van der Waals surface area contributed by atoms with E-state index < -0.39 is 82.0 Å². The standard InChI is InChI=1S/C62H108N4O12/c1-3-49(53(65)69)39-33-37-45-61(57(75)76)48-62(58(77)78,46-38-34-40-50(4-2)54(66)70)60(56(73)74,44-36-30-26-22-18-14-10-6-8-12-16-20-24-28-32-42-52(64)68)47-59(61,55(71)72)43-35-29-25-21-17-13-9-5-7-11-15-19-23-27-31-41-51(63)67/h5-8,49-50H,3-4,9-48H2,1-2H3,(H2,63,67)(H2,64,68)(H2,65,69)(H2,66,70)(H,71,72)(H,73,74)(H,75,76)(H,77,78)/b7-5-,8-6-. The fraction of sp³-hybridized carbons (Fsp3) is 0.806.